The molecular weight excluding hydrogens is 320 g/mol. The van der Waals surface area contributed by atoms with Crippen molar-refractivity contribution in [1.82, 2.24) is 4.90 Å². The van der Waals surface area contributed by atoms with E-state index in [0.717, 1.165) is 39.0 Å². The zero-order chi connectivity index (χ0) is 17.2. The van der Waals surface area contributed by atoms with E-state index in [-0.39, 0.29) is 18.4 Å². The van der Waals surface area contributed by atoms with Crippen LogP contribution in [0.4, 0.5) is 5.69 Å². The van der Waals surface area contributed by atoms with E-state index in [4.69, 9.17) is 9.47 Å². The normalized spacial score (nSPS) is 23.0. The molecule has 1 saturated heterocycles. The van der Waals surface area contributed by atoms with Crippen LogP contribution in [0.1, 0.15) is 25.7 Å². The minimum atomic E-state index is -0.0572. The quantitative estimate of drug-likeness (QED) is 0.818. The molecule has 2 amide bonds. The number of hydrogen-bond donors (Lipinski definition) is 0. The van der Waals surface area contributed by atoms with Crippen molar-refractivity contribution in [2.24, 2.45) is 5.92 Å². The summed E-state index contributed by atoms with van der Waals surface area (Å²) in [5.41, 5.74) is 0.693. The molecule has 0 bridgehead atoms. The summed E-state index contributed by atoms with van der Waals surface area (Å²) >= 11 is 0. The lowest BCUT2D eigenvalue weighted by Gasteiger charge is -2.29. The Morgan fingerprint density at radius 1 is 1.20 bits per heavy atom. The summed E-state index contributed by atoms with van der Waals surface area (Å²) in [7, 11) is 0. The first-order valence-corrected chi connectivity index (χ1v) is 9.12. The number of benzene rings is 1. The summed E-state index contributed by atoms with van der Waals surface area (Å²) in [6.07, 6.45) is 3.43. The first kappa shape index (κ1) is 16.4. The van der Waals surface area contributed by atoms with Crippen LogP contribution in [0, 0.1) is 5.92 Å². The number of amides is 2. The summed E-state index contributed by atoms with van der Waals surface area (Å²) in [4.78, 5) is 29.1. The average Bonchev–Trinajstić information content (AvgIpc) is 3.35. The molecule has 1 aliphatic carbocycles. The van der Waals surface area contributed by atoms with Gasteiger partial charge in [-0.2, -0.15) is 0 Å². The van der Waals surface area contributed by atoms with Crippen molar-refractivity contribution < 1.29 is 19.1 Å². The fraction of sp³-hybridized carbons (Fsp3) is 0.579. The SMILES string of the molecule is O=C1CCOc2ccccc2N1CC(=O)N(CC1CCOC1)C1CC1. The number of carbonyl (C=O) groups is 2. The Hall–Kier alpha value is -2.08. The maximum Gasteiger partial charge on any atom is 0.242 e. The van der Waals surface area contributed by atoms with E-state index in [2.05, 4.69) is 0 Å². The zero-order valence-electron chi connectivity index (χ0n) is 14.4. The Kier molecular flexibility index (Phi) is 4.61. The largest absolute Gasteiger partial charge is 0.491 e. The van der Waals surface area contributed by atoms with Gasteiger partial charge in [0.2, 0.25) is 11.8 Å². The maximum absolute atomic E-state index is 13.0. The van der Waals surface area contributed by atoms with Crippen molar-refractivity contribution >= 4 is 17.5 Å². The fourth-order valence-electron chi connectivity index (χ4n) is 3.57. The third-order valence-corrected chi connectivity index (χ3v) is 5.11. The zero-order valence-corrected chi connectivity index (χ0v) is 14.4. The molecule has 3 aliphatic rings. The molecule has 0 N–H and O–H groups in total. The van der Waals surface area contributed by atoms with Crippen molar-refractivity contribution in [1.29, 1.82) is 0 Å². The van der Waals surface area contributed by atoms with E-state index in [1.807, 2.05) is 29.2 Å². The second kappa shape index (κ2) is 7.04. The highest BCUT2D eigenvalue weighted by Crippen LogP contribution is 2.33. The topological polar surface area (TPSA) is 59.1 Å². The number of para-hydroxylation sites is 2. The molecule has 1 aromatic carbocycles. The first-order chi connectivity index (χ1) is 12.2. The van der Waals surface area contributed by atoms with Gasteiger partial charge in [0, 0.05) is 25.1 Å². The molecule has 1 unspecified atom stereocenters. The molecule has 1 saturated carbocycles. The third kappa shape index (κ3) is 3.63. The van der Waals surface area contributed by atoms with Crippen LogP contribution in [-0.4, -0.2) is 55.7 Å². The molecular formula is C19H24N2O4. The third-order valence-electron chi connectivity index (χ3n) is 5.11. The van der Waals surface area contributed by atoms with E-state index < -0.39 is 0 Å². The second-order valence-corrected chi connectivity index (χ2v) is 7.05. The van der Waals surface area contributed by atoms with Crippen LogP contribution in [0.2, 0.25) is 0 Å². The van der Waals surface area contributed by atoms with E-state index in [0.29, 0.717) is 36.4 Å². The molecule has 1 atom stereocenters. The Bertz CT molecular complexity index is 653. The lowest BCUT2D eigenvalue weighted by molar-refractivity contribution is -0.132. The number of hydrogen-bond acceptors (Lipinski definition) is 4. The van der Waals surface area contributed by atoms with Gasteiger partial charge in [0.15, 0.2) is 0 Å². The molecule has 134 valence electrons. The van der Waals surface area contributed by atoms with Crippen molar-refractivity contribution in [2.45, 2.75) is 31.7 Å². The molecule has 2 fully saturated rings. The highest BCUT2D eigenvalue weighted by atomic mass is 16.5. The number of ether oxygens (including phenoxy) is 2. The lowest BCUT2D eigenvalue weighted by Crippen LogP contribution is -2.45. The van der Waals surface area contributed by atoms with Crippen LogP contribution in [-0.2, 0) is 14.3 Å². The van der Waals surface area contributed by atoms with Crippen LogP contribution in [0.25, 0.3) is 0 Å². The highest BCUT2D eigenvalue weighted by molar-refractivity contribution is 6.00. The number of rotatable bonds is 5. The summed E-state index contributed by atoms with van der Waals surface area (Å²) in [5, 5.41) is 0. The van der Waals surface area contributed by atoms with Crippen LogP contribution in [0.15, 0.2) is 24.3 Å². The van der Waals surface area contributed by atoms with Gasteiger partial charge < -0.3 is 14.4 Å². The van der Waals surface area contributed by atoms with Crippen LogP contribution in [0.5, 0.6) is 5.75 Å². The molecule has 6 nitrogen and oxygen atoms in total. The van der Waals surface area contributed by atoms with E-state index in [1.54, 1.807) is 4.90 Å². The van der Waals surface area contributed by atoms with Gasteiger partial charge in [-0.05, 0) is 31.4 Å². The smallest absolute Gasteiger partial charge is 0.242 e. The van der Waals surface area contributed by atoms with E-state index in [1.165, 1.54) is 0 Å². The first-order valence-electron chi connectivity index (χ1n) is 9.12. The Labute approximate surface area is 147 Å². The lowest BCUT2D eigenvalue weighted by atomic mass is 10.1. The molecule has 2 heterocycles. The monoisotopic (exact) mass is 344 g/mol. The molecule has 0 spiro atoms. The van der Waals surface area contributed by atoms with Crippen LogP contribution >= 0.6 is 0 Å². The van der Waals surface area contributed by atoms with Crippen LogP contribution < -0.4 is 9.64 Å². The van der Waals surface area contributed by atoms with Gasteiger partial charge in [0.05, 0.1) is 25.3 Å². The van der Waals surface area contributed by atoms with Gasteiger partial charge in [-0.3, -0.25) is 14.5 Å². The number of anilines is 1. The van der Waals surface area contributed by atoms with Gasteiger partial charge in [0.25, 0.3) is 0 Å². The van der Waals surface area contributed by atoms with Crippen molar-refractivity contribution in [3.05, 3.63) is 24.3 Å². The summed E-state index contributed by atoms with van der Waals surface area (Å²) < 4.78 is 11.1. The van der Waals surface area contributed by atoms with Crippen molar-refractivity contribution in [3.8, 4) is 5.75 Å². The standard InChI is InChI=1S/C19H24N2O4/c22-18-8-10-25-17-4-2-1-3-16(17)21(18)12-19(23)20(15-5-6-15)11-14-7-9-24-13-14/h1-4,14-15H,5-13H2. The molecule has 0 radical (unpaired) electrons. The minimum absolute atomic E-state index is 0.0273. The van der Waals surface area contributed by atoms with E-state index >= 15 is 0 Å². The number of carbonyl (C=O) groups excluding carboxylic acids is 2. The molecule has 2 aliphatic heterocycles. The predicted molar refractivity (Wildman–Crippen MR) is 92.6 cm³/mol. The van der Waals surface area contributed by atoms with Gasteiger partial charge in [-0.1, -0.05) is 12.1 Å². The summed E-state index contributed by atoms with van der Waals surface area (Å²) in [6.45, 7) is 2.70. The second-order valence-electron chi connectivity index (χ2n) is 7.05. The molecule has 6 heteroatoms. The van der Waals surface area contributed by atoms with Crippen LogP contribution in [0.3, 0.4) is 0 Å². The highest BCUT2D eigenvalue weighted by Gasteiger charge is 2.36. The van der Waals surface area contributed by atoms with Crippen molar-refractivity contribution in [3.63, 3.8) is 0 Å². The Balaban J connectivity index is 1.50. The van der Waals surface area contributed by atoms with E-state index in [9.17, 15) is 9.59 Å². The average molecular weight is 344 g/mol. The van der Waals surface area contributed by atoms with Gasteiger partial charge >= 0.3 is 0 Å². The molecule has 1 aromatic rings. The number of fused-ring (bicyclic) bond motifs is 1. The van der Waals surface area contributed by atoms with Crippen molar-refractivity contribution in [2.75, 3.05) is 37.8 Å². The molecule has 4 rings (SSSR count). The predicted octanol–water partition coefficient (Wildman–Crippen LogP) is 1.83. The van der Waals surface area contributed by atoms with Gasteiger partial charge in [-0.25, -0.2) is 0 Å². The number of nitrogens with zero attached hydrogens (tertiary/aromatic N) is 2. The van der Waals surface area contributed by atoms with Gasteiger partial charge in [0.1, 0.15) is 12.3 Å². The summed E-state index contributed by atoms with van der Waals surface area (Å²) in [6, 6.07) is 7.78. The maximum atomic E-state index is 13.0. The minimum Gasteiger partial charge on any atom is -0.491 e. The molecule has 25 heavy (non-hydrogen) atoms. The summed E-state index contributed by atoms with van der Waals surface area (Å²) in [5.74, 6) is 1.06. The van der Waals surface area contributed by atoms with Gasteiger partial charge in [-0.15, -0.1) is 0 Å². The Morgan fingerprint density at radius 3 is 2.80 bits per heavy atom. The fourth-order valence-corrected chi connectivity index (χ4v) is 3.57. The Morgan fingerprint density at radius 2 is 2.04 bits per heavy atom. The molecule has 0 aromatic heterocycles.